The molecule has 9 heteroatoms. The molecule has 0 unspecified atom stereocenters. The fourth-order valence-electron chi connectivity index (χ4n) is 2.81. The highest BCUT2D eigenvalue weighted by Crippen LogP contribution is 2.22. The highest BCUT2D eigenvalue weighted by molar-refractivity contribution is 6.20. The molecule has 0 aliphatic carbocycles. The summed E-state index contributed by atoms with van der Waals surface area (Å²) >= 11 is 0. The van der Waals surface area contributed by atoms with Crippen molar-refractivity contribution in [1.82, 2.24) is 15.9 Å². The predicted molar refractivity (Wildman–Crippen MR) is 110 cm³/mol. The van der Waals surface area contributed by atoms with E-state index in [1.165, 1.54) is 0 Å². The molecule has 0 bridgehead atoms. The van der Waals surface area contributed by atoms with Crippen LogP contribution < -0.4 is 10.8 Å². The number of rotatable bonds is 12. The third-order valence-electron chi connectivity index (χ3n) is 4.16. The lowest BCUT2D eigenvalue weighted by Gasteiger charge is -2.19. The van der Waals surface area contributed by atoms with Gasteiger partial charge in [-0.05, 0) is 52.3 Å². The first kappa shape index (κ1) is 23.8. The van der Waals surface area contributed by atoms with Crippen molar-refractivity contribution in [2.45, 2.75) is 52.1 Å². The van der Waals surface area contributed by atoms with Gasteiger partial charge in [0, 0.05) is 6.54 Å². The highest BCUT2D eigenvalue weighted by Gasteiger charge is 2.36. The quantitative estimate of drug-likeness (QED) is 0.304. The largest absolute Gasteiger partial charge is 0.442 e. The molecule has 166 valence electrons. The van der Waals surface area contributed by atoms with Crippen LogP contribution in [0.3, 0.4) is 0 Å². The lowest BCUT2D eigenvalue weighted by Crippen LogP contribution is -2.33. The van der Waals surface area contributed by atoms with Crippen LogP contribution in [0.4, 0.5) is 4.79 Å². The van der Waals surface area contributed by atoms with Gasteiger partial charge in [-0.2, -0.15) is 5.48 Å². The summed E-state index contributed by atoms with van der Waals surface area (Å²) in [6.07, 6.45) is 3.21. The van der Waals surface area contributed by atoms with Crippen molar-refractivity contribution in [1.29, 1.82) is 0 Å². The first-order valence-corrected chi connectivity index (χ1v) is 10.2. The molecule has 0 aromatic heterocycles. The van der Waals surface area contributed by atoms with Crippen LogP contribution in [0.5, 0.6) is 0 Å². The van der Waals surface area contributed by atoms with Crippen molar-refractivity contribution >= 4 is 17.9 Å². The fraction of sp³-hybridized carbons (Fsp3) is 0.571. The van der Waals surface area contributed by atoms with Crippen molar-refractivity contribution in [3.63, 3.8) is 0 Å². The first-order valence-electron chi connectivity index (χ1n) is 10.2. The molecule has 0 saturated carbocycles. The molecule has 0 saturated heterocycles. The minimum Gasteiger partial charge on any atom is -0.442 e. The molecule has 0 fully saturated rings. The molecule has 0 atom stereocenters. The normalized spacial score (nSPS) is 13.5. The van der Waals surface area contributed by atoms with E-state index in [9.17, 15) is 14.4 Å². The minimum atomic E-state index is -0.588. The Labute approximate surface area is 176 Å². The Morgan fingerprint density at radius 2 is 1.57 bits per heavy atom. The predicted octanol–water partition coefficient (Wildman–Crippen LogP) is 2.82. The number of unbranched alkanes of at least 4 members (excludes halogenated alkanes) is 3. The number of carbonyl (C=O) groups is 3. The summed E-state index contributed by atoms with van der Waals surface area (Å²) in [6, 6.07) is 6.68. The maximum Gasteiger partial charge on any atom is 0.431 e. The van der Waals surface area contributed by atoms with Crippen LogP contribution in [0, 0.1) is 0 Å². The van der Waals surface area contributed by atoms with Gasteiger partial charge in [0.2, 0.25) is 0 Å². The molecule has 1 aromatic carbocycles. The Morgan fingerprint density at radius 3 is 2.20 bits per heavy atom. The van der Waals surface area contributed by atoms with Crippen LogP contribution in [0.25, 0.3) is 0 Å². The number of hydrogen-bond acceptors (Lipinski definition) is 7. The summed E-state index contributed by atoms with van der Waals surface area (Å²) in [6.45, 7) is 7.38. The molecular weight excluding hydrogens is 390 g/mol. The van der Waals surface area contributed by atoms with Crippen LogP contribution in [0.1, 0.15) is 67.2 Å². The van der Waals surface area contributed by atoms with Crippen molar-refractivity contribution in [3.8, 4) is 0 Å². The van der Waals surface area contributed by atoms with E-state index in [1.54, 1.807) is 45.0 Å². The molecule has 9 nitrogen and oxygen atoms in total. The van der Waals surface area contributed by atoms with Crippen LogP contribution in [-0.2, 0) is 14.4 Å². The average molecular weight is 421 g/mol. The van der Waals surface area contributed by atoms with Crippen molar-refractivity contribution < 1.29 is 28.8 Å². The van der Waals surface area contributed by atoms with Gasteiger partial charge in [-0.1, -0.05) is 25.0 Å². The zero-order chi connectivity index (χ0) is 22.0. The van der Waals surface area contributed by atoms with Gasteiger partial charge in [-0.3, -0.25) is 19.3 Å². The van der Waals surface area contributed by atoms with Gasteiger partial charge in [0.25, 0.3) is 11.8 Å². The van der Waals surface area contributed by atoms with E-state index in [4.69, 9.17) is 14.4 Å². The van der Waals surface area contributed by atoms with Crippen molar-refractivity contribution in [3.05, 3.63) is 35.4 Å². The summed E-state index contributed by atoms with van der Waals surface area (Å²) in [4.78, 5) is 46.1. The average Bonchev–Trinajstić information content (AvgIpc) is 2.92. The molecule has 1 aliphatic rings. The number of imide groups is 1. The molecule has 2 N–H and O–H groups in total. The highest BCUT2D eigenvalue weighted by atomic mass is 16.7. The van der Waals surface area contributed by atoms with Gasteiger partial charge >= 0.3 is 6.09 Å². The standard InChI is InChI=1S/C21H31N3O6/c1-21(2,3)30-20(27)23-28-14-9-5-4-8-12-22-13-15-29-24-18(25)16-10-6-7-11-17(16)19(24)26/h6-7,10-11,22H,4-5,8-9,12-15H2,1-3H3,(H,23,27). The summed E-state index contributed by atoms with van der Waals surface area (Å²) < 4.78 is 5.06. The summed E-state index contributed by atoms with van der Waals surface area (Å²) in [7, 11) is 0. The topological polar surface area (TPSA) is 106 Å². The van der Waals surface area contributed by atoms with E-state index in [0.29, 0.717) is 24.3 Å². The fourth-order valence-corrected chi connectivity index (χ4v) is 2.81. The summed E-state index contributed by atoms with van der Waals surface area (Å²) in [5.74, 6) is -0.835. The van der Waals surface area contributed by atoms with Gasteiger partial charge in [0.1, 0.15) is 5.60 Å². The number of amides is 3. The van der Waals surface area contributed by atoms with E-state index in [1.807, 2.05) is 0 Å². The number of carbonyl (C=O) groups excluding carboxylic acids is 3. The minimum absolute atomic E-state index is 0.232. The molecule has 0 spiro atoms. The Balaban J connectivity index is 1.42. The Hall–Kier alpha value is -2.49. The maximum absolute atomic E-state index is 12.1. The van der Waals surface area contributed by atoms with Gasteiger partial charge in [-0.15, -0.1) is 5.06 Å². The number of nitrogens with one attached hydrogen (secondary N) is 2. The zero-order valence-electron chi connectivity index (χ0n) is 17.9. The van der Waals surface area contributed by atoms with Crippen LogP contribution in [0.2, 0.25) is 0 Å². The number of fused-ring (bicyclic) bond motifs is 1. The van der Waals surface area contributed by atoms with E-state index in [2.05, 4.69) is 10.8 Å². The molecule has 1 aliphatic heterocycles. The van der Waals surface area contributed by atoms with Gasteiger partial charge in [0.15, 0.2) is 0 Å². The Kier molecular flexibility index (Phi) is 9.22. The first-order chi connectivity index (χ1) is 14.3. The lowest BCUT2D eigenvalue weighted by atomic mass is 10.1. The molecule has 30 heavy (non-hydrogen) atoms. The van der Waals surface area contributed by atoms with Gasteiger partial charge < -0.3 is 10.1 Å². The number of ether oxygens (including phenoxy) is 1. The van der Waals surface area contributed by atoms with Gasteiger partial charge in [-0.25, -0.2) is 4.79 Å². The summed E-state index contributed by atoms with van der Waals surface area (Å²) in [5.41, 5.74) is 2.47. The number of hydrogen-bond donors (Lipinski definition) is 2. The molecular formula is C21H31N3O6. The monoisotopic (exact) mass is 421 g/mol. The van der Waals surface area contributed by atoms with Crippen LogP contribution >= 0.6 is 0 Å². The van der Waals surface area contributed by atoms with Crippen LogP contribution in [-0.4, -0.2) is 54.9 Å². The Bertz CT molecular complexity index is 697. The molecule has 1 aromatic rings. The van der Waals surface area contributed by atoms with Crippen molar-refractivity contribution in [2.75, 3.05) is 26.3 Å². The third kappa shape index (κ3) is 7.74. The van der Waals surface area contributed by atoms with Crippen LogP contribution in [0.15, 0.2) is 24.3 Å². The van der Waals surface area contributed by atoms with Gasteiger partial charge in [0.05, 0.1) is 24.3 Å². The lowest BCUT2D eigenvalue weighted by molar-refractivity contribution is -0.0897. The number of nitrogens with zero attached hydrogens (tertiary/aromatic N) is 1. The van der Waals surface area contributed by atoms with E-state index in [-0.39, 0.29) is 6.61 Å². The second-order valence-electron chi connectivity index (χ2n) is 7.90. The maximum atomic E-state index is 12.1. The molecule has 2 rings (SSSR count). The second-order valence-corrected chi connectivity index (χ2v) is 7.90. The van der Waals surface area contributed by atoms with E-state index >= 15 is 0 Å². The number of benzene rings is 1. The second kappa shape index (κ2) is 11.6. The summed E-state index contributed by atoms with van der Waals surface area (Å²) in [5, 5.41) is 4.05. The Morgan fingerprint density at radius 1 is 0.933 bits per heavy atom. The molecule has 1 heterocycles. The SMILES string of the molecule is CC(C)(C)OC(=O)NOCCCCCCNCCON1C(=O)c2ccccc2C1=O. The van der Waals surface area contributed by atoms with E-state index < -0.39 is 23.5 Å². The van der Waals surface area contributed by atoms with Crippen molar-refractivity contribution in [2.24, 2.45) is 0 Å². The number of hydroxylamine groups is 3. The van der Waals surface area contributed by atoms with E-state index in [0.717, 1.165) is 37.3 Å². The third-order valence-corrected chi connectivity index (χ3v) is 4.16. The molecule has 3 amide bonds. The smallest absolute Gasteiger partial charge is 0.431 e. The zero-order valence-corrected chi connectivity index (χ0v) is 17.9. The molecule has 0 radical (unpaired) electrons.